The van der Waals surface area contributed by atoms with Crippen molar-refractivity contribution in [3.05, 3.63) is 46.8 Å². The Hall–Kier alpha value is -1.61. The molecule has 0 aliphatic rings. The molecule has 18 heavy (non-hydrogen) atoms. The van der Waals surface area contributed by atoms with E-state index in [0.717, 1.165) is 24.2 Å². The van der Waals surface area contributed by atoms with E-state index in [1.807, 2.05) is 4.68 Å². The highest BCUT2D eigenvalue weighted by Gasteiger charge is 2.08. The number of rotatable bonds is 4. The number of nitrogens with zero attached hydrogens (tertiary/aromatic N) is 2. The summed E-state index contributed by atoms with van der Waals surface area (Å²) in [6, 6.07) is 8.54. The molecule has 0 fully saturated rings. The molecule has 0 radical (unpaired) electrons. The van der Waals surface area contributed by atoms with Crippen molar-refractivity contribution in [2.24, 2.45) is 5.73 Å². The summed E-state index contributed by atoms with van der Waals surface area (Å²) in [7, 11) is 0. The minimum Gasteiger partial charge on any atom is -0.326 e. The maximum absolute atomic E-state index is 5.70. The van der Waals surface area contributed by atoms with Gasteiger partial charge in [0.1, 0.15) is 0 Å². The molecule has 0 aliphatic heterocycles. The van der Waals surface area contributed by atoms with Crippen molar-refractivity contribution in [2.75, 3.05) is 0 Å². The molecule has 0 atom stereocenters. The summed E-state index contributed by atoms with van der Waals surface area (Å²) in [5.41, 5.74) is 11.6. The monoisotopic (exact) mass is 243 g/mol. The summed E-state index contributed by atoms with van der Waals surface area (Å²) in [5.74, 6) is 0. The molecular weight excluding hydrogens is 222 g/mol. The molecule has 3 heteroatoms. The Bertz CT molecular complexity index is 541. The second-order valence-electron chi connectivity index (χ2n) is 4.56. The molecule has 2 rings (SSSR count). The Balaban J connectivity index is 2.47. The fraction of sp³-hybridized carbons (Fsp3) is 0.400. The van der Waals surface area contributed by atoms with E-state index in [2.05, 4.69) is 50.1 Å². The van der Waals surface area contributed by atoms with Gasteiger partial charge in [0.25, 0.3) is 0 Å². The van der Waals surface area contributed by atoms with E-state index in [0.29, 0.717) is 6.54 Å². The largest absolute Gasteiger partial charge is 0.326 e. The minimum absolute atomic E-state index is 0.589. The molecule has 0 saturated heterocycles. The third-order valence-corrected chi connectivity index (χ3v) is 3.35. The van der Waals surface area contributed by atoms with Crippen molar-refractivity contribution in [2.45, 2.75) is 40.2 Å². The predicted molar refractivity (Wildman–Crippen MR) is 74.9 cm³/mol. The van der Waals surface area contributed by atoms with Gasteiger partial charge in [-0.3, -0.25) is 0 Å². The van der Waals surface area contributed by atoms with Crippen molar-refractivity contribution in [3.8, 4) is 5.69 Å². The highest BCUT2D eigenvalue weighted by molar-refractivity contribution is 5.41. The second-order valence-corrected chi connectivity index (χ2v) is 4.56. The molecule has 0 saturated carbocycles. The average Bonchev–Trinajstić information content (AvgIpc) is 2.82. The summed E-state index contributed by atoms with van der Waals surface area (Å²) in [4.78, 5) is 0. The van der Waals surface area contributed by atoms with Crippen LogP contribution in [0.2, 0.25) is 0 Å². The van der Waals surface area contributed by atoms with Gasteiger partial charge in [-0.2, -0.15) is 5.10 Å². The third-order valence-electron chi connectivity index (χ3n) is 3.35. The number of benzene rings is 1. The van der Waals surface area contributed by atoms with Crippen molar-refractivity contribution in [3.63, 3.8) is 0 Å². The van der Waals surface area contributed by atoms with E-state index in [1.165, 1.54) is 16.8 Å². The summed E-state index contributed by atoms with van der Waals surface area (Å²) in [5, 5.41) is 4.65. The summed E-state index contributed by atoms with van der Waals surface area (Å²) in [6.07, 6.45) is 1.96. The van der Waals surface area contributed by atoms with Crippen LogP contribution in [0, 0.1) is 6.92 Å². The standard InChI is InChI=1S/C15H21N3/c1-4-13-9-14(5-2)18(17-13)15-7-6-12(10-16)11(3)8-15/h6-9H,4-5,10,16H2,1-3H3. The zero-order valence-electron chi connectivity index (χ0n) is 11.4. The van der Waals surface area contributed by atoms with Gasteiger partial charge in [0.2, 0.25) is 0 Å². The zero-order valence-corrected chi connectivity index (χ0v) is 11.4. The van der Waals surface area contributed by atoms with Gasteiger partial charge in [0, 0.05) is 12.2 Å². The van der Waals surface area contributed by atoms with Gasteiger partial charge in [0.05, 0.1) is 11.4 Å². The van der Waals surface area contributed by atoms with E-state index in [1.54, 1.807) is 0 Å². The zero-order chi connectivity index (χ0) is 13.1. The van der Waals surface area contributed by atoms with Crippen LogP contribution in [0.5, 0.6) is 0 Å². The van der Waals surface area contributed by atoms with Crippen molar-refractivity contribution in [1.29, 1.82) is 0 Å². The molecule has 0 aliphatic carbocycles. The third kappa shape index (κ3) is 2.31. The van der Waals surface area contributed by atoms with E-state index in [-0.39, 0.29) is 0 Å². The van der Waals surface area contributed by atoms with E-state index < -0.39 is 0 Å². The molecule has 3 nitrogen and oxygen atoms in total. The Labute approximate surface area is 109 Å². The van der Waals surface area contributed by atoms with Gasteiger partial charge < -0.3 is 5.73 Å². The first-order valence-electron chi connectivity index (χ1n) is 6.57. The van der Waals surface area contributed by atoms with Gasteiger partial charge in [-0.1, -0.05) is 19.9 Å². The van der Waals surface area contributed by atoms with Crippen LogP contribution in [0.4, 0.5) is 0 Å². The lowest BCUT2D eigenvalue weighted by atomic mass is 10.1. The van der Waals surface area contributed by atoms with Crippen molar-refractivity contribution < 1.29 is 0 Å². The minimum atomic E-state index is 0.589. The van der Waals surface area contributed by atoms with Crippen LogP contribution in [0.25, 0.3) is 5.69 Å². The average molecular weight is 243 g/mol. The van der Waals surface area contributed by atoms with Crippen LogP contribution in [0.3, 0.4) is 0 Å². The lowest BCUT2D eigenvalue weighted by molar-refractivity contribution is 0.792. The second kappa shape index (κ2) is 5.36. The molecule has 2 N–H and O–H groups in total. The van der Waals surface area contributed by atoms with Gasteiger partial charge in [0.15, 0.2) is 0 Å². The topological polar surface area (TPSA) is 43.8 Å². The first-order valence-corrected chi connectivity index (χ1v) is 6.57. The highest BCUT2D eigenvalue weighted by Crippen LogP contribution is 2.17. The smallest absolute Gasteiger partial charge is 0.0651 e. The van der Waals surface area contributed by atoms with Crippen LogP contribution in [-0.2, 0) is 19.4 Å². The van der Waals surface area contributed by atoms with E-state index in [9.17, 15) is 0 Å². The number of nitrogens with two attached hydrogens (primary N) is 1. The lowest BCUT2D eigenvalue weighted by Gasteiger charge is -2.09. The molecule has 1 heterocycles. The maximum atomic E-state index is 5.70. The van der Waals surface area contributed by atoms with Crippen LogP contribution >= 0.6 is 0 Å². The number of hydrogen-bond donors (Lipinski definition) is 1. The highest BCUT2D eigenvalue weighted by atomic mass is 15.3. The van der Waals surface area contributed by atoms with Crippen molar-refractivity contribution >= 4 is 0 Å². The molecule has 0 unspecified atom stereocenters. The molecule has 0 amide bonds. The molecule has 96 valence electrons. The van der Waals surface area contributed by atoms with Crippen LogP contribution in [0.1, 0.15) is 36.4 Å². The molecule has 1 aromatic carbocycles. The molecule has 1 aromatic heterocycles. The molecule has 2 aromatic rings. The predicted octanol–water partition coefficient (Wildman–Crippen LogP) is 2.76. The summed E-state index contributed by atoms with van der Waals surface area (Å²) < 4.78 is 2.05. The Kier molecular flexibility index (Phi) is 3.82. The fourth-order valence-electron chi connectivity index (χ4n) is 2.16. The van der Waals surface area contributed by atoms with Crippen LogP contribution < -0.4 is 5.73 Å². The number of aryl methyl sites for hydroxylation is 3. The first-order chi connectivity index (χ1) is 8.69. The quantitative estimate of drug-likeness (QED) is 0.897. The summed E-state index contributed by atoms with van der Waals surface area (Å²) >= 11 is 0. The molecule has 0 bridgehead atoms. The maximum Gasteiger partial charge on any atom is 0.0651 e. The van der Waals surface area contributed by atoms with Gasteiger partial charge in [-0.05, 0) is 49.1 Å². The normalized spacial score (nSPS) is 10.9. The van der Waals surface area contributed by atoms with Crippen molar-refractivity contribution in [1.82, 2.24) is 9.78 Å². The van der Waals surface area contributed by atoms with Gasteiger partial charge >= 0.3 is 0 Å². The Morgan fingerprint density at radius 3 is 2.50 bits per heavy atom. The number of aromatic nitrogens is 2. The molecular formula is C15H21N3. The number of hydrogen-bond acceptors (Lipinski definition) is 2. The SMILES string of the molecule is CCc1cc(CC)n(-c2ccc(CN)c(C)c2)n1. The first kappa shape index (κ1) is 12.8. The molecule has 0 spiro atoms. The van der Waals surface area contributed by atoms with Gasteiger partial charge in [-0.15, -0.1) is 0 Å². The fourth-order valence-corrected chi connectivity index (χ4v) is 2.16. The van der Waals surface area contributed by atoms with E-state index in [4.69, 9.17) is 5.73 Å². The Morgan fingerprint density at radius 2 is 1.94 bits per heavy atom. The lowest BCUT2D eigenvalue weighted by Crippen LogP contribution is -2.04. The Morgan fingerprint density at radius 1 is 1.17 bits per heavy atom. The van der Waals surface area contributed by atoms with E-state index >= 15 is 0 Å². The van der Waals surface area contributed by atoms with Gasteiger partial charge in [-0.25, -0.2) is 4.68 Å². The summed E-state index contributed by atoms with van der Waals surface area (Å²) in [6.45, 7) is 6.98. The van der Waals surface area contributed by atoms with Crippen LogP contribution in [-0.4, -0.2) is 9.78 Å². The van der Waals surface area contributed by atoms with Crippen LogP contribution in [0.15, 0.2) is 24.3 Å².